The Hall–Kier alpha value is -2.49. The predicted octanol–water partition coefficient (Wildman–Crippen LogP) is 7.45. The van der Waals surface area contributed by atoms with Gasteiger partial charge in [0.2, 0.25) is 0 Å². The molecule has 0 aromatic heterocycles. The summed E-state index contributed by atoms with van der Waals surface area (Å²) in [6.45, 7) is 1.18. The second-order valence-electron chi connectivity index (χ2n) is 6.54. The van der Waals surface area contributed by atoms with Crippen LogP contribution in [0.25, 0.3) is 10.8 Å². The number of halogens is 2. The molecule has 4 rings (SSSR count). The maximum Gasteiger partial charge on any atom is 0.125 e. The first kappa shape index (κ1) is 18.9. The van der Waals surface area contributed by atoms with Gasteiger partial charge in [-0.15, -0.1) is 0 Å². The van der Waals surface area contributed by atoms with Crippen LogP contribution in [0.5, 0.6) is 5.75 Å². The highest BCUT2D eigenvalue weighted by Crippen LogP contribution is 2.30. The summed E-state index contributed by atoms with van der Waals surface area (Å²) >= 11 is 9.45. The molecule has 4 aromatic rings. The molecular formula is C24H19BrClNO. The van der Waals surface area contributed by atoms with E-state index < -0.39 is 0 Å². The fourth-order valence-electron chi connectivity index (χ4n) is 3.13. The van der Waals surface area contributed by atoms with E-state index in [2.05, 4.69) is 69.8 Å². The van der Waals surface area contributed by atoms with Gasteiger partial charge in [0.1, 0.15) is 12.4 Å². The van der Waals surface area contributed by atoms with Gasteiger partial charge in [0.05, 0.1) is 0 Å². The number of ether oxygens (including phenoxy) is 1. The molecule has 0 aliphatic rings. The van der Waals surface area contributed by atoms with Crippen LogP contribution in [0.15, 0.2) is 89.4 Å². The van der Waals surface area contributed by atoms with Crippen molar-refractivity contribution in [3.05, 3.63) is 106 Å². The topological polar surface area (TPSA) is 21.3 Å². The Morgan fingerprint density at radius 2 is 1.57 bits per heavy atom. The van der Waals surface area contributed by atoms with Gasteiger partial charge in [0.25, 0.3) is 0 Å². The van der Waals surface area contributed by atoms with E-state index in [1.54, 1.807) is 0 Å². The van der Waals surface area contributed by atoms with Crippen molar-refractivity contribution in [2.75, 3.05) is 5.32 Å². The molecule has 0 aliphatic carbocycles. The molecule has 4 heteroatoms. The van der Waals surface area contributed by atoms with Crippen molar-refractivity contribution >= 4 is 44.0 Å². The molecule has 0 heterocycles. The van der Waals surface area contributed by atoms with Crippen molar-refractivity contribution in [2.24, 2.45) is 0 Å². The fraction of sp³-hybridized carbons (Fsp3) is 0.0833. The molecule has 0 saturated carbocycles. The van der Waals surface area contributed by atoms with Crippen LogP contribution in [-0.4, -0.2) is 0 Å². The van der Waals surface area contributed by atoms with Gasteiger partial charge in [-0.25, -0.2) is 0 Å². The third-order valence-electron chi connectivity index (χ3n) is 4.62. The number of nitrogens with one attached hydrogen (secondary N) is 1. The summed E-state index contributed by atoms with van der Waals surface area (Å²) in [4.78, 5) is 0. The molecule has 0 amide bonds. The summed E-state index contributed by atoms with van der Waals surface area (Å²) < 4.78 is 7.25. The van der Waals surface area contributed by atoms with Crippen LogP contribution in [0.1, 0.15) is 11.1 Å². The van der Waals surface area contributed by atoms with Crippen LogP contribution in [0.2, 0.25) is 5.02 Å². The second kappa shape index (κ2) is 8.68. The Balaban J connectivity index is 1.60. The van der Waals surface area contributed by atoms with Crippen molar-refractivity contribution in [3.8, 4) is 5.75 Å². The zero-order valence-electron chi connectivity index (χ0n) is 15.2. The van der Waals surface area contributed by atoms with Gasteiger partial charge < -0.3 is 10.1 Å². The summed E-state index contributed by atoms with van der Waals surface area (Å²) in [6, 6.07) is 28.5. The third-order valence-corrected chi connectivity index (χ3v) is 5.40. The lowest BCUT2D eigenvalue weighted by Gasteiger charge is -2.16. The van der Waals surface area contributed by atoms with Crippen molar-refractivity contribution in [1.82, 2.24) is 0 Å². The van der Waals surface area contributed by atoms with E-state index in [-0.39, 0.29) is 0 Å². The Labute approximate surface area is 178 Å². The van der Waals surface area contributed by atoms with E-state index in [9.17, 15) is 0 Å². The number of hydrogen-bond acceptors (Lipinski definition) is 2. The normalized spacial score (nSPS) is 10.8. The minimum absolute atomic E-state index is 0.501. The second-order valence-corrected chi connectivity index (χ2v) is 7.89. The van der Waals surface area contributed by atoms with Crippen LogP contribution in [0, 0.1) is 0 Å². The minimum Gasteiger partial charge on any atom is -0.489 e. The monoisotopic (exact) mass is 451 g/mol. The zero-order valence-corrected chi connectivity index (χ0v) is 17.5. The molecule has 28 heavy (non-hydrogen) atoms. The van der Waals surface area contributed by atoms with Crippen LogP contribution in [0.4, 0.5) is 5.69 Å². The number of hydrogen-bond donors (Lipinski definition) is 1. The number of benzene rings is 4. The Morgan fingerprint density at radius 3 is 2.36 bits per heavy atom. The van der Waals surface area contributed by atoms with E-state index in [0.29, 0.717) is 13.2 Å². The molecule has 2 nitrogen and oxygen atoms in total. The van der Waals surface area contributed by atoms with Gasteiger partial charge in [-0.05, 0) is 58.8 Å². The van der Waals surface area contributed by atoms with Gasteiger partial charge in [-0.3, -0.25) is 0 Å². The lowest BCUT2D eigenvalue weighted by atomic mass is 10.0. The van der Waals surface area contributed by atoms with E-state index in [4.69, 9.17) is 16.3 Å². The number of fused-ring (bicyclic) bond motifs is 1. The molecule has 0 saturated heterocycles. The Bertz CT molecular complexity index is 1080. The molecule has 0 bridgehead atoms. The number of rotatable bonds is 6. The van der Waals surface area contributed by atoms with Gasteiger partial charge in [-0.1, -0.05) is 70.0 Å². The van der Waals surface area contributed by atoms with Crippen molar-refractivity contribution in [3.63, 3.8) is 0 Å². The average molecular weight is 453 g/mol. The maximum absolute atomic E-state index is 6.19. The molecule has 0 fully saturated rings. The molecule has 0 radical (unpaired) electrons. The fourth-order valence-corrected chi connectivity index (χ4v) is 3.52. The lowest BCUT2D eigenvalue weighted by molar-refractivity contribution is 0.304. The standard InChI is InChI=1S/C24H19BrClNO/c25-19-8-12-21(13-9-19)27-15-23-22-4-2-1-3-18(22)7-14-24(23)28-16-17-5-10-20(26)11-6-17/h1-14,27H,15-16H2. The van der Waals surface area contributed by atoms with Crippen LogP contribution < -0.4 is 10.1 Å². The summed E-state index contributed by atoms with van der Waals surface area (Å²) in [5.41, 5.74) is 3.30. The zero-order chi connectivity index (χ0) is 19.3. The van der Waals surface area contributed by atoms with Gasteiger partial charge >= 0.3 is 0 Å². The highest BCUT2D eigenvalue weighted by atomic mass is 79.9. The summed E-state index contributed by atoms with van der Waals surface area (Å²) in [7, 11) is 0. The molecule has 0 atom stereocenters. The molecule has 140 valence electrons. The van der Waals surface area contributed by atoms with Crippen molar-refractivity contribution in [1.29, 1.82) is 0 Å². The van der Waals surface area contributed by atoms with Crippen molar-refractivity contribution < 1.29 is 4.74 Å². The number of anilines is 1. The largest absolute Gasteiger partial charge is 0.489 e. The molecule has 0 spiro atoms. The van der Waals surface area contributed by atoms with Crippen LogP contribution >= 0.6 is 27.5 Å². The van der Waals surface area contributed by atoms with Gasteiger partial charge in [0, 0.05) is 27.3 Å². The first-order chi connectivity index (χ1) is 13.7. The minimum atomic E-state index is 0.501. The van der Waals surface area contributed by atoms with E-state index >= 15 is 0 Å². The van der Waals surface area contributed by atoms with E-state index in [0.717, 1.165) is 32.1 Å². The first-order valence-corrected chi connectivity index (χ1v) is 10.2. The third kappa shape index (κ3) is 4.49. The smallest absolute Gasteiger partial charge is 0.125 e. The molecule has 0 unspecified atom stereocenters. The average Bonchev–Trinajstić information content (AvgIpc) is 2.73. The summed E-state index contributed by atoms with van der Waals surface area (Å²) in [6.07, 6.45) is 0. The highest BCUT2D eigenvalue weighted by Gasteiger charge is 2.09. The lowest BCUT2D eigenvalue weighted by Crippen LogP contribution is -2.04. The van der Waals surface area contributed by atoms with Crippen molar-refractivity contribution in [2.45, 2.75) is 13.2 Å². The Kier molecular flexibility index (Phi) is 5.84. The predicted molar refractivity (Wildman–Crippen MR) is 121 cm³/mol. The van der Waals surface area contributed by atoms with Crippen LogP contribution in [0.3, 0.4) is 0 Å². The summed E-state index contributed by atoms with van der Waals surface area (Å²) in [5, 5.41) is 6.64. The van der Waals surface area contributed by atoms with E-state index in [1.807, 2.05) is 36.4 Å². The molecule has 1 N–H and O–H groups in total. The maximum atomic E-state index is 6.19. The molecular weight excluding hydrogens is 434 g/mol. The quantitative estimate of drug-likeness (QED) is 0.328. The molecule has 0 aliphatic heterocycles. The SMILES string of the molecule is Clc1ccc(COc2ccc3ccccc3c2CNc2ccc(Br)cc2)cc1. The van der Waals surface area contributed by atoms with Crippen LogP contribution in [-0.2, 0) is 13.2 Å². The highest BCUT2D eigenvalue weighted by molar-refractivity contribution is 9.10. The molecule has 4 aromatic carbocycles. The van der Waals surface area contributed by atoms with Gasteiger partial charge in [0.15, 0.2) is 0 Å². The van der Waals surface area contributed by atoms with E-state index in [1.165, 1.54) is 10.8 Å². The first-order valence-electron chi connectivity index (χ1n) is 9.06. The van der Waals surface area contributed by atoms with Gasteiger partial charge in [-0.2, -0.15) is 0 Å². The Morgan fingerprint density at radius 1 is 0.821 bits per heavy atom. The summed E-state index contributed by atoms with van der Waals surface area (Å²) in [5.74, 6) is 0.887.